The Morgan fingerprint density at radius 1 is 1.05 bits per heavy atom. The second kappa shape index (κ2) is 4.65. The number of hydrogen-bond donors (Lipinski definition) is 0. The summed E-state index contributed by atoms with van der Waals surface area (Å²) in [5.41, 5.74) is 1.67. The van der Waals surface area contributed by atoms with E-state index in [9.17, 15) is 4.79 Å². The van der Waals surface area contributed by atoms with Crippen LogP contribution in [0.3, 0.4) is 0 Å². The number of carbonyl (C=O) groups is 1. The summed E-state index contributed by atoms with van der Waals surface area (Å²) in [5, 5.41) is 2.05. The highest BCUT2D eigenvalue weighted by atomic mass is 32.2. The van der Waals surface area contributed by atoms with E-state index >= 15 is 0 Å². The first-order valence-electron chi connectivity index (χ1n) is 6.64. The van der Waals surface area contributed by atoms with Crippen molar-refractivity contribution in [3.63, 3.8) is 0 Å². The number of Topliss-reactive ketones (excluding diaryl/α,β-unsaturated/α-hetero) is 1. The Bertz CT molecular complexity index is 659. The molecule has 2 aromatic carbocycles. The third-order valence-electron chi connectivity index (χ3n) is 3.63. The van der Waals surface area contributed by atoms with E-state index in [1.807, 2.05) is 47.5 Å². The Kier molecular flexibility index (Phi) is 2.79. The van der Waals surface area contributed by atoms with E-state index in [4.69, 9.17) is 4.84 Å². The lowest BCUT2D eigenvalue weighted by molar-refractivity contribution is 0.0514. The molecule has 2 aliphatic heterocycles. The van der Waals surface area contributed by atoms with Gasteiger partial charge in [-0.1, -0.05) is 42.1 Å². The molecule has 2 bridgehead atoms. The minimum absolute atomic E-state index is 0.105. The van der Waals surface area contributed by atoms with Gasteiger partial charge in [-0.3, -0.25) is 9.63 Å². The van der Waals surface area contributed by atoms with Gasteiger partial charge in [-0.2, -0.15) is 0 Å². The fourth-order valence-electron chi connectivity index (χ4n) is 2.69. The number of nitrogens with zero attached hydrogens (tertiary/aromatic N) is 1. The molecule has 2 heterocycles. The first-order chi connectivity index (χ1) is 9.83. The number of hydrogen-bond acceptors (Lipinski definition) is 4. The van der Waals surface area contributed by atoms with Crippen LogP contribution in [-0.2, 0) is 4.84 Å². The van der Waals surface area contributed by atoms with Gasteiger partial charge in [-0.15, -0.1) is 0 Å². The molecular formula is C16H13NO2S. The fraction of sp³-hybridized carbons (Fsp3) is 0.188. The zero-order valence-electron chi connectivity index (χ0n) is 10.7. The van der Waals surface area contributed by atoms with Crippen LogP contribution < -0.4 is 5.06 Å². The van der Waals surface area contributed by atoms with Crippen molar-refractivity contribution in [3.8, 4) is 0 Å². The van der Waals surface area contributed by atoms with Crippen LogP contribution in [0.2, 0.25) is 0 Å². The lowest BCUT2D eigenvalue weighted by Gasteiger charge is -2.28. The molecule has 0 saturated carbocycles. The number of anilines is 1. The summed E-state index contributed by atoms with van der Waals surface area (Å²) in [7, 11) is 0. The van der Waals surface area contributed by atoms with Crippen LogP contribution in [0.5, 0.6) is 0 Å². The molecule has 4 heteroatoms. The highest BCUT2D eigenvalue weighted by Gasteiger charge is 2.44. The average molecular weight is 283 g/mol. The molecule has 0 N–H and O–H groups in total. The van der Waals surface area contributed by atoms with Crippen molar-refractivity contribution in [3.05, 3.63) is 60.2 Å². The standard InChI is InChI=1S/C16H13NO2S/c18-16-12-8-4-5-9-13(12)17-15(10-14(16)19-17)20-11-6-2-1-3-7-11/h1-9,14-15H,10H2/t14-,15+/m1/s1. The van der Waals surface area contributed by atoms with E-state index < -0.39 is 0 Å². The van der Waals surface area contributed by atoms with Crippen molar-refractivity contribution in [2.45, 2.75) is 22.8 Å². The minimum atomic E-state index is -0.328. The topological polar surface area (TPSA) is 29.5 Å². The van der Waals surface area contributed by atoms with E-state index in [1.54, 1.807) is 11.8 Å². The molecule has 2 aromatic rings. The van der Waals surface area contributed by atoms with Crippen LogP contribution in [0.25, 0.3) is 0 Å². The summed E-state index contributed by atoms with van der Waals surface area (Å²) < 4.78 is 0. The maximum absolute atomic E-state index is 12.3. The van der Waals surface area contributed by atoms with Crippen molar-refractivity contribution >= 4 is 23.2 Å². The summed E-state index contributed by atoms with van der Waals surface area (Å²) in [4.78, 5) is 19.3. The van der Waals surface area contributed by atoms with E-state index in [1.165, 1.54) is 4.90 Å². The molecule has 3 nitrogen and oxygen atoms in total. The maximum atomic E-state index is 12.3. The molecule has 0 amide bonds. The zero-order valence-corrected chi connectivity index (χ0v) is 11.5. The molecule has 1 saturated heterocycles. The fourth-order valence-corrected chi connectivity index (χ4v) is 3.85. The van der Waals surface area contributed by atoms with Crippen LogP contribution in [0, 0.1) is 0 Å². The quantitative estimate of drug-likeness (QED) is 0.843. The van der Waals surface area contributed by atoms with Crippen molar-refractivity contribution in [1.29, 1.82) is 0 Å². The average Bonchev–Trinajstić information content (AvgIpc) is 2.87. The smallest absolute Gasteiger partial charge is 0.196 e. The summed E-state index contributed by atoms with van der Waals surface area (Å²) in [6.07, 6.45) is 0.402. The third kappa shape index (κ3) is 1.84. The van der Waals surface area contributed by atoms with Crippen LogP contribution >= 0.6 is 11.8 Å². The number of benzene rings is 2. The van der Waals surface area contributed by atoms with E-state index in [2.05, 4.69) is 12.1 Å². The number of rotatable bonds is 2. The summed E-state index contributed by atoms with van der Waals surface area (Å²) in [6, 6.07) is 17.9. The number of para-hydroxylation sites is 1. The van der Waals surface area contributed by atoms with Gasteiger partial charge in [-0.05, 0) is 24.3 Å². The van der Waals surface area contributed by atoms with Gasteiger partial charge in [0.25, 0.3) is 0 Å². The molecule has 0 aliphatic carbocycles. The second-order valence-corrected chi connectivity index (χ2v) is 6.17. The van der Waals surface area contributed by atoms with Gasteiger partial charge in [0.05, 0.1) is 5.69 Å². The summed E-state index contributed by atoms with van der Waals surface area (Å²) in [5.74, 6) is 0.105. The number of fused-ring (bicyclic) bond motifs is 4. The Morgan fingerprint density at radius 2 is 1.80 bits per heavy atom. The van der Waals surface area contributed by atoms with Gasteiger partial charge in [-0.25, -0.2) is 5.06 Å². The van der Waals surface area contributed by atoms with Crippen molar-refractivity contribution in [2.24, 2.45) is 0 Å². The number of ketones is 1. The Hall–Kier alpha value is -1.78. The predicted molar refractivity (Wildman–Crippen MR) is 78.8 cm³/mol. The highest BCUT2D eigenvalue weighted by Crippen LogP contribution is 2.43. The Morgan fingerprint density at radius 3 is 2.65 bits per heavy atom. The first-order valence-corrected chi connectivity index (χ1v) is 7.52. The van der Waals surface area contributed by atoms with Crippen LogP contribution in [0.1, 0.15) is 16.8 Å². The van der Waals surface area contributed by atoms with Gasteiger partial charge < -0.3 is 0 Å². The SMILES string of the molecule is O=C1c2ccccc2N2O[C@@H]1C[C@@H]2Sc1ccccc1. The monoisotopic (exact) mass is 283 g/mol. The molecule has 1 fully saturated rings. The number of hydroxylamine groups is 1. The highest BCUT2D eigenvalue weighted by molar-refractivity contribution is 8.00. The summed E-state index contributed by atoms with van der Waals surface area (Å²) in [6.45, 7) is 0. The van der Waals surface area contributed by atoms with Gasteiger partial charge in [0.2, 0.25) is 0 Å². The first kappa shape index (κ1) is 12.0. The van der Waals surface area contributed by atoms with Crippen LogP contribution in [-0.4, -0.2) is 17.3 Å². The van der Waals surface area contributed by atoms with Crippen molar-refractivity contribution in [2.75, 3.05) is 5.06 Å². The van der Waals surface area contributed by atoms with E-state index in [-0.39, 0.29) is 17.3 Å². The van der Waals surface area contributed by atoms with Gasteiger partial charge in [0.1, 0.15) is 5.37 Å². The van der Waals surface area contributed by atoms with Crippen molar-refractivity contribution < 1.29 is 9.63 Å². The summed E-state index contributed by atoms with van der Waals surface area (Å²) >= 11 is 1.74. The van der Waals surface area contributed by atoms with Gasteiger partial charge >= 0.3 is 0 Å². The van der Waals surface area contributed by atoms with E-state index in [0.29, 0.717) is 0 Å². The largest absolute Gasteiger partial charge is 0.291 e. The number of carbonyl (C=O) groups excluding carboxylic acids is 1. The zero-order chi connectivity index (χ0) is 13.5. The second-order valence-electron chi connectivity index (χ2n) is 4.92. The number of thioether (sulfide) groups is 1. The van der Waals surface area contributed by atoms with Crippen LogP contribution in [0.4, 0.5) is 5.69 Å². The van der Waals surface area contributed by atoms with Crippen molar-refractivity contribution in [1.82, 2.24) is 0 Å². The molecule has 2 aliphatic rings. The lowest BCUT2D eigenvalue weighted by atomic mass is 10.0. The molecule has 100 valence electrons. The van der Waals surface area contributed by atoms with Gasteiger partial charge in [0.15, 0.2) is 11.9 Å². The van der Waals surface area contributed by atoms with E-state index in [0.717, 1.165) is 17.7 Å². The molecule has 0 unspecified atom stereocenters. The molecule has 0 spiro atoms. The minimum Gasteiger partial charge on any atom is -0.291 e. The molecule has 0 radical (unpaired) electrons. The lowest BCUT2D eigenvalue weighted by Crippen LogP contribution is -2.33. The Labute approximate surface area is 121 Å². The molecule has 4 rings (SSSR count). The van der Waals surface area contributed by atoms with Gasteiger partial charge in [0, 0.05) is 16.9 Å². The normalized spacial score (nSPS) is 23.8. The third-order valence-corrected chi connectivity index (χ3v) is 4.83. The van der Waals surface area contributed by atoms with Crippen LogP contribution in [0.15, 0.2) is 59.5 Å². The Balaban J connectivity index is 1.68. The molecular weight excluding hydrogens is 270 g/mol. The molecule has 2 atom stereocenters. The molecule has 20 heavy (non-hydrogen) atoms. The molecule has 0 aromatic heterocycles. The maximum Gasteiger partial charge on any atom is 0.196 e. The predicted octanol–water partition coefficient (Wildman–Crippen LogP) is 3.51.